The third kappa shape index (κ3) is 3.25. The Labute approximate surface area is 158 Å². The van der Waals surface area contributed by atoms with Crippen LogP contribution >= 0.6 is 11.3 Å². The normalized spacial score (nSPS) is 17.1. The van der Waals surface area contributed by atoms with Crippen LogP contribution in [-0.4, -0.2) is 25.8 Å². The summed E-state index contributed by atoms with van der Waals surface area (Å²) in [5.41, 5.74) is 3.56. The van der Waals surface area contributed by atoms with Crippen molar-refractivity contribution in [2.24, 2.45) is 5.92 Å². The quantitative estimate of drug-likeness (QED) is 0.869. The third-order valence-corrected chi connectivity index (χ3v) is 8.27. The largest absolute Gasteiger partial charge is 0.338 e. The number of aryl methyl sites for hydroxylation is 1. The van der Waals surface area contributed by atoms with E-state index in [1.807, 2.05) is 30.9 Å². The smallest absolute Gasteiger partial charge is 0.271 e. The van der Waals surface area contributed by atoms with Crippen molar-refractivity contribution in [2.45, 2.75) is 43.9 Å². The Balaban J connectivity index is 1.57. The fraction of sp³-hybridized carbons (Fsp3) is 0.421. The van der Waals surface area contributed by atoms with Gasteiger partial charge in [0.15, 0.2) is 0 Å². The highest BCUT2D eigenvalue weighted by Crippen LogP contribution is 2.36. The van der Waals surface area contributed by atoms with Crippen LogP contribution in [-0.2, 0) is 27.8 Å². The van der Waals surface area contributed by atoms with Gasteiger partial charge in [-0.1, -0.05) is 12.1 Å². The van der Waals surface area contributed by atoms with Gasteiger partial charge in [0, 0.05) is 23.9 Å². The zero-order chi connectivity index (χ0) is 18.5. The molecule has 138 valence electrons. The van der Waals surface area contributed by atoms with Gasteiger partial charge in [0.1, 0.15) is 4.21 Å². The number of amides is 1. The fourth-order valence-electron chi connectivity index (χ4n) is 3.27. The highest BCUT2D eigenvalue weighted by atomic mass is 32.2. The van der Waals surface area contributed by atoms with Crippen LogP contribution in [0.5, 0.6) is 0 Å². The Morgan fingerprint density at radius 2 is 2.04 bits per heavy atom. The number of carbonyl (C=O) groups is 1. The molecule has 0 radical (unpaired) electrons. The molecule has 5 nitrogen and oxygen atoms in total. The van der Waals surface area contributed by atoms with E-state index < -0.39 is 10.0 Å². The predicted molar refractivity (Wildman–Crippen MR) is 103 cm³/mol. The number of hydrogen-bond acceptors (Lipinski definition) is 4. The Hall–Kier alpha value is -1.86. The van der Waals surface area contributed by atoms with E-state index in [0.29, 0.717) is 23.0 Å². The van der Waals surface area contributed by atoms with E-state index in [0.717, 1.165) is 40.8 Å². The molecule has 2 heterocycles. The van der Waals surface area contributed by atoms with Gasteiger partial charge in [-0.3, -0.25) is 9.52 Å². The first-order valence-corrected chi connectivity index (χ1v) is 11.1. The van der Waals surface area contributed by atoms with Crippen molar-refractivity contribution in [1.82, 2.24) is 4.90 Å². The number of anilines is 1. The number of hydrogen-bond donors (Lipinski definition) is 1. The minimum Gasteiger partial charge on any atom is -0.338 e. The molecule has 4 rings (SSSR count). The van der Waals surface area contributed by atoms with E-state index in [9.17, 15) is 13.2 Å². The summed E-state index contributed by atoms with van der Waals surface area (Å²) in [4.78, 5) is 15.2. The second-order valence-corrected chi connectivity index (χ2v) is 10.2. The van der Waals surface area contributed by atoms with Crippen molar-refractivity contribution in [3.63, 3.8) is 0 Å². The van der Waals surface area contributed by atoms with Gasteiger partial charge in [0.05, 0.1) is 5.69 Å². The molecule has 7 heteroatoms. The van der Waals surface area contributed by atoms with E-state index in [1.165, 1.54) is 11.3 Å². The van der Waals surface area contributed by atoms with E-state index >= 15 is 0 Å². The number of fused-ring (bicyclic) bond motifs is 1. The van der Waals surface area contributed by atoms with Gasteiger partial charge < -0.3 is 4.90 Å². The average Bonchev–Trinajstić information content (AvgIpc) is 3.36. The number of nitrogens with one attached hydrogen (secondary N) is 1. The van der Waals surface area contributed by atoms with Crippen LogP contribution in [0.4, 0.5) is 5.69 Å². The molecule has 1 saturated carbocycles. The summed E-state index contributed by atoms with van der Waals surface area (Å²) in [5.74, 6) is 0.420. The summed E-state index contributed by atoms with van der Waals surface area (Å²) in [6, 6.07) is 7.33. The molecule has 1 N–H and O–H groups in total. The maximum Gasteiger partial charge on any atom is 0.271 e. The topological polar surface area (TPSA) is 66.5 Å². The third-order valence-electron chi connectivity index (χ3n) is 5.20. The molecule has 2 aromatic rings. The lowest BCUT2D eigenvalue weighted by Gasteiger charge is -2.26. The van der Waals surface area contributed by atoms with Crippen LogP contribution < -0.4 is 4.72 Å². The lowest BCUT2D eigenvalue weighted by Crippen LogP contribution is -2.36. The Morgan fingerprint density at radius 3 is 2.77 bits per heavy atom. The summed E-state index contributed by atoms with van der Waals surface area (Å²) in [5, 5.41) is 0. The second kappa shape index (κ2) is 6.39. The van der Waals surface area contributed by atoms with E-state index in [4.69, 9.17) is 0 Å². The lowest BCUT2D eigenvalue weighted by molar-refractivity contribution is -0.133. The first-order valence-electron chi connectivity index (χ1n) is 8.84. The number of carbonyl (C=O) groups excluding carboxylic acids is 1. The maximum atomic E-state index is 12.8. The number of nitrogens with zero attached hydrogens (tertiary/aromatic N) is 1. The van der Waals surface area contributed by atoms with Crippen LogP contribution in [0.3, 0.4) is 0 Å². The molecular weight excluding hydrogens is 368 g/mol. The van der Waals surface area contributed by atoms with Crippen molar-refractivity contribution in [1.29, 1.82) is 0 Å². The SMILES string of the molecule is Cc1cccc(NS(=O)(=O)c2cc3c(s2)CCN(C(=O)C2CC2)C3)c1C. The van der Waals surface area contributed by atoms with Gasteiger partial charge in [-0.25, -0.2) is 8.42 Å². The van der Waals surface area contributed by atoms with Gasteiger partial charge in [-0.15, -0.1) is 11.3 Å². The minimum atomic E-state index is -3.62. The van der Waals surface area contributed by atoms with Crippen molar-refractivity contribution in [3.05, 3.63) is 45.8 Å². The number of benzene rings is 1. The van der Waals surface area contributed by atoms with Crippen molar-refractivity contribution >= 4 is 33.0 Å². The van der Waals surface area contributed by atoms with Crippen LogP contribution in [0, 0.1) is 19.8 Å². The number of sulfonamides is 1. The molecule has 26 heavy (non-hydrogen) atoms. The zero-order valence-electron chi connectivity index (χ0n) is 14.9. The van der Waals surface area contributed by atoms with E-state index in [-0.39, 0.29) is 11.8 Å². The molecule has 0 atom stereocenters. The van der Waals surface area contributed by atoms with Gasteiger partial charge in [0.25, 0.3) is 10.0 Å². The van der Waals surface area contributed by atoms with E-state index in [2.05, 4.69) is 4.72 Å². The minimum absolute atomic E-state index is 0.198. The zero-order valence-corrected chi connectivity index (χ0v) is 16.5. The van der Waals surface area contributed by atoms with Gasteiger partial charge >= 0.3 is 0 Å². The molecule has 1 amide bonds. The molecule has 0 saturated heterocycles. The van der Waals surface area contributed by atoms with Crippen LogP contribution in [0.25, 0.3) is 0 Å². The highest BCUT2D eigenvalue weighted by Gasteiger charge is 2.35. The molecule has 1 aromatic heterocycles. The summed E-state index contributed by atoms with van der Waals surface area (Å²) in [7, 11) is -3.62. The van der Waals surface area contributed by atoms with Crippen LogP contribution in [0.15, 0.2) is 28.5 Å². The summed E-state index contributed by atoms with van der Waals surface area (Å²) in [6.07, 6.45) is 2.72. The predicted octanol–water partition coefficient (Wildman–Crippen LogP) is 3.46. The molecule has 0 spiro atoms. The van der Waals surface area contributed by atoms with Crippen LogP contribution in [0.2, 0.25) is 0 Å². The first-order chi connectivity index (χ1) is 12.3. The Kier molecular flexibility index (Phi) is 4.31. The van der Waals surface area contributed by atoms with Crippen molar-refractivity contribution < 1.29 is 13.2 Å². The molecular formula is C19H22N2O3S2. The monoisotopic (exact) mass is 390 g/mol. The Morgan fingerprint density at radius 1 is 1.27 bits per heavy atom. The Bertz CT molecular complexity index is 975. The fourth-order valence-corrected chi connectivity index (χ4v) is 5.94. The molecule has 1 aliphatic carbocycles. The molecule has 1 aromatic carbocycles. The average molecular weight is 391 g/mol. The van der Waals surface area contributed by atoms with Gasteiger partial charge in [0.2, 0.25) is 5.91 Å². The van der Waals surface area contributed by atoms with Crippen LogP contribution in [0.1, 0.15) is 34.4 Å². The second-order valence-electron chi connectivity index (χ2n) is 7.15. The molecule has 0 unspecified atom stereocenters. The molecule has 1 aliphatic heterocycles. The number of thiophene rings is 1. The van der Waals surface area contributed by atoms with Crippen molar-refractivity contribution in [2.75, 3.05) is 11.3 Å². The van der Waals surface area contributed by atoms with Gasteiger partial charge in [-0.2, -0.15) is 0 Å². The molecule has 2 aliphatic rings. The van der Waals surface area contributed by atoms with Gasteiger partial charge in [-0.05, 0) is 61.9 Å². The summed E-state index contributed by atoms with van der Waals surface area (Å²) in [6.45, 7) is 5.09. The van der Waals surface area contributed by atoms with E-state index in [1.54, 1.807) is 12.1 Å². The molecule has 1 fully saturated rings. The summed E-state index contributed by atoms with van der Waals surface area (Å²) >= 11 is 1.32. The lowest BCUT2D eigenvalue weighted by atomic mass is 10.1. The number of rotatable bonds is 4. The molecule has 0 bridgehead atoms. The maximum absolute atomic E-state index is 12.8. The standard InChI is InChI=1S/C19H22N2O3S2/c1-12-4-3-5-16(13(12)2)20-26(23,24)18-10-15-11-21(9-8-17(15)25-18)19(22)14-6-7-14/h3-5,10,14,20H,6-9,11H2,1-2H3. The first kappa shape index (κ1) is 17.5. The summed E-state index contributed by atoms with van der Waals surface area (Å²) < 4.78 is 28.7. The highest BCUT2D eigenvalue weighted by molar-refractivity contribution is 7.94. The van der Waals surface area contributed by atoms with Crippen molar-refractivity contribution in [3.8, 4) is 0 Å².